The molecule has 6 nitrogen and oxygen atoms in total. The third-order valence-corrected chi connectivity index (χ3v) is 2.08. The largest absolute Gasteiger partial charge is 0.508 e. The summed E-state index contributed by atoms with van der Waals surface area (Å²) in [6.07, 6.45) is -0.198. The molecule has 8 heteroatoms. The maximum Gasteiger partial charge on any atom is 0.508 e. The number of carbonyl (C=O) groups excluding carboxylic acids is 3. The minimum Gasteiger partial charge on any atom is -0.430 e. The predicted octanol–water partition coefficient (Wildman–Crippen LogP) is 0.801. The van der Waals surface area contributed by atoms with Gasteiger partial charge in [-0.2, -0.15) is 9.59 Å². The average Bonchev–Trinajstić information content (AvgIpc) is 3.03. The van der Waals surface area contributed by atoms with Crippen LogP contribution in [0.25, 0.3) is 0 Å². The van der Waals surface area contributed by atoms with Crippen molar-refractivity contribution in [1.29, 1.82) is 0 Å². The molecular formula is C8H10Cl2O6. The number of halogens is 2. The molecule has 0 aromatic heterocycles. The first-order valence-electron chi connectivity index (χ1n) is 4.24. The molecule has 92 valence electrons. The van der Waals surface area contributed by atoms with Gasteiger partial charge in [0, 0.05) is 0 Å². The van der Waals surface area contributed by atoms with Crippen LogP contribution in [-0.2, 0) is 23.8 Å². The van der Waals surface area contributed by atoms with Gasteiger partial charge in [0.05, 0.1) is 24.5 Å². The van der Waals surface area contributed by atoms with E-state index in [0.717, 1.165) is 6.61 Å². The van der Waals surface area contributed by atoms with Crippen molar-refractivity contribution in [3.8, 4) is 0 Å². The summed E-state index contributed by atoms with van der Waals surface area (Å²) in [5, 5.41) is 0. The quantitative estimate of drug-likeness (QED) is 0.420. The minimum atomic E-state index is -0.615. The fraction of sp³-hybridized carbons (Fsp3) is 0.750. The minimum absolute atomic E-state index is 0.232. The molecular weight excluding hydrogens is 263 g/mol. The summed E-state index contributed by atoms with van der Waals surface area (Å²) in [6, 6.07) is 0. The molecule has 0 aromatic carbocycles. The van der Waals surface area contributed by atoms with Crippen LogP contribution in [0.1, 0.15) is 0 Å². The van der Waals surface area contributed by atoms with Crippen LogP contribution in [0.4, 0.5) is 4.79 Å². The third-order valence-electron chi connectivity index (χ3n) is 1.40. The van der Waals surface area contributed by atoms with Crippen molar-refractivity contribution in [2.75, 3.05) is 25.0 Å². The van der Waals surface area contributed by atoms with E-state index in [1.54, 1.807) is 0 Å². The first-order chi connectivity index (χ1) is 7.67. The summed E-state index contributed by atoms with van der Waals surface area (Å²) in [6.45, 7) is 1.17. The molecule has 2 aliphatic rings. The Morgan fingerprint density at radius 1 is 1.19 bits per heavy atom. The first-order valence-corrected chi connectivity index (χ1v) is 5.31. The Hall–Kier alpha value is -0.810. The van der Waals surface area contributed by atoms with Gasteiger partial charge in [-0.15, -0.1) is 23.2 Å². The van der Waals surface area contributed by atoms with Crippen LogP contribution < -0.4 is 0 Å². The number of hydrogen-bond donors (Lipinski definition) is 0. The van der Waals surface area contributed by atoms with Crippen molar-refractivity contribution < 1.29 is 28.6 Å². The summed E-state index contributed by atoms with van der Waals surface area (Å²) in [4.78, 5) is 26.4. The molecule has 2 rings (SSSR count). The lowest BCUT2D eigenvalue weighted by atomic mass is 10.4. The molecule has 0 bridgehead atoms. The van der Waals surface area contributed by atoms with E-state index in [2.05, 4.69) is 9.47 Å². The molecule has 0 aromatic rings. The first kappa shape index (κ1) is 15.2. The van der Waals surface area contributed by atoms with Gasteiger partial charge >= 0.3 is 12.3 Å². The lowest BCUT2D eigenvalue weighted by Crippen LogP contribution is -2.10. The molecule has 0 spiro atoms. The van der Waals surface area contributed by atoms with Crippen LogP contribution in [0.5, 0.6) is 0 Å². The predicted molar refractivity (Wildman–Crippen MR) is 52.4 cm³/mol. The van der Waals surface area contributed by atoms with Crippen LogP contribution in [0, 0.1) is 0 Å². The zero-order chi connectivity index (χ0) is 12.4. The van der Waals surface area contributed by atoms with Crippen LogP contribution in [-0.4, -0.2) is 49.5 Å². The summed E-state index contributed by atoms with van der Waals surface area (Å²) < 4.78 is 13.7. The van der Waals surface area contributed by atoms with Gasteiger partial charge in [0.25, 0.3) is 0 Å². The van der Waals surface area contributed by atoms with Crippen molar-refractivity contribution in [2.24, 2.45) is 0 Å². The number of hydrogen-bond acceptors (Lipinski definition) is 6. The molecule has 0 aliphatic carbocycles. The Bertz CT molecular complexity index is 237. The van der Waals surface area contributed by atoms with Crippen molar-refractivity contribution in [3.63, 3.8) is 0 Å². The van der Waals surface area contributed by atoms with Crippen molar-refractivity contribution in [1.82, 2.24) is 0 Å². The number of alkyl halides is 2. The van der Waals surface area contributed by atoms with Gasteiger partial charge in [-0.25, -0.2) is 4.79 Å². The average molecular weight is 273 g/mol. The van der Waals surface area contributed by atoms with Crippen molar-refractivity contribution in [2.45, 2.75) is 12.2 Å². The molecule has 2 saturated heterocycles. The van der Waals surface area contributed by atoms with Crippen LogP contribution in [0.2, 0.25) is 0 Å². The van der Waals surface area contributed by atoms with Gasteiger partial charge in [-0.1, -0.05) is 0 Å². The molecule has 16 heavy (non-hydrogen) atoms. The van der Waals surface area contributed by atoms with Crippen molar-refractivity contribution in [3.05, 3.63) is 0 Å². The Morgan fingerprint density at radius 3 is 1.81 bits per heavy atom. The van der Waals surface area contributed by atoms with E-state index in [-0.39, 0.29) is 12.3 Å². The van der Waals surface area contributed by atoms with Crippen LogP contribution in [0.15, 0.2) is 0 Å². The fourth-order valence-corrected chi connectivity index (χ4v) is 0.929. The van der Waals surface area contributed by atoms with E-state index < -0.39 is 6.16 Å². The Kier molecular flexibility index (Phi) is 8.94. The van der Waals surface area contributed by atoms with Gasteiger partial charge in [0.1, 0.15) is 6.61 Å². The second-order valence-electron chi connectivity index (χ2n) is 2.65. The standard InChI is InChI=1S/C4H5ClO3.C3H5ClO.CO2/c5-1-3-2-7-4(6)8-3;4-1-3-2-5-3;2-1-3/h3H,1-2H2;3H,1-2H2;. The van der Waals surface area contributed by atoms with Crippen molar-refractivity contribution >= 4 is 35.5 Å². The molecule has 0 radical (unpaired) electrons. The number of epoxide rings is 1. The van der Waals surface area contributed by atoms with E-state index in [9.17, 15) is 4.79 Å². The molecule has 0 amide bonds. The van der Waals surface area contributed by atoms with Gasteiger partial charge in [-0.3, -0.25) is 0 Å². The topological polar surface area (TPSA) is 82.2 Å². The highest BCUT2D eigenvalue weighted by Gasteiger charge is 2.23. The smallest absolute Gasteiger partial charge is 0.430 e. The van der Waals surface area contributed by atoms with Crippen LogP contribution >= 0.6 is 23.2 Å². The Labute approximate surface area is 102 Å². The van der Waals surface area contributed by atoms with Gasteiger partial charge < -0.3 is 14.2 Å². The fourth-order valence-electron chi connectivity index (χ4n) is 0.598. The third kappa shape index (κ3) is 8.49. The molecule has 2 unspecified atom stereocenters. The SMILES string of the molecule is ClCC1CO1.O=C1OCC(CCl)O1.O=C=O. The second-order valence-corrected chi connectivity index (χ2v) is 3.27. The number of rotatable bonds is 2. The maximum absolute atomic E-state index is 10.1. The Morgan fingerprint density at radius 2 is 1.69 bits per heavy atom. The highest BCUT2D eigenvalue weighted by atomic mass is 35.5. The Balaban J connectivity index is 0.000000241. The van der Waals surface area contributed by atoms with E-state index >= 15 is 0 Å². The molecule has 2 heterocycles. The molecule has 0 saturated carbocycles. The summed E-state index contributed by atoms with van der Waals surface area (Å²) in [7, 11) is 0. The number of cyclic esters (lactones) is 2. The highest BCUT2D eigenvalue weighted by molar-refractivity contribution is 6.18. The van der Waals surface area contributed by atoms with E-state index in [4.69, 9.17) is 37.5 Å². The number of ether oxygens (including phenoxy) is 3. The highest BCUT2D eigenvalue weighted by Crippen LogP contribution is 2.08. The van der Waals surface area contributed by atoms with E-state index in [1.165, 1.54) is 0 Å². The van der Waals surface area contributed by atoms with E-state index in [1.807, 2.05) is 0 Å². The lowest BCUT2D eigenvalue weighted by Gasteiger charge is -1.95. The van der Waals surface area contributed by atoms with Gasteiger partial charge in [0.15, 0.2) is 6.10 Å². The second kappa shape index (κ2) is 9.42. The number of carbonyl (C=O) groups is 1. The zero-order valence-corrected chi connectivity index (χ0v) is 9.70. The van der Waals surface area contributed by atoms with Gasteiger partial charge in [-0.05, 0) is 0 Å². The summed E-state index contributed by atoms with van der Waals surface area (Å²) >= 11 is 10.6. The zero-order valence-electron chi connectivity index (χ0n) is 8.19. The lowest BCUT2D eigenvalue weighted by molar-refractivity contribution is -0.191. The summed E-state index contributed by atoms with van der Waals surface area (Å²) in [5.74, 6) is 0.978. The van der Waals surface area contributed by atoms with E-state index in [0.29, 0.717) is 24.5 Å². The van der Waals surface area contributed by atoms with Gasteiger partial charge in [0.2, 0.25) is 0 Å². The maximum atomic E-state index is 10.1. The molecule has 2 fully saturated rings. The molecule has 2 aliphatic heterocycles. The monoisotopic (exact) mass is 272 g/mol. The normalized spacial score (nSPS) is 24.8. The summed E-state index contributed by atoms with van der Waals surface area (Å²) in [5.41, 5.74) is 0. The molecule has 0 N–H and O–H groups in total. The molecule has 2 atom stereocenters. The van der Waals surface area contributed by atoms with Crippen LogP contribution in [0.3, 0.4) is 0 Å².